The summed E-state index contributed by atoms with van der Waals surface area (Å²) in [4.78, 5) is 14.4. The van der Waals surface area contributed by atoms with Gasteiger partial charge in [-0.05, 0) is 56.8 Å². The Bertz CT molecular complexity index is 552. The molecular formula is C18H26N4O. The maximum Gasteiger partial charge on any atom is 0.319 e. The van der Waals surface area contributed by atoms with Gasteiger partial charge in [0.15, 0.2) is 0 Å². The number of likely N-dealkylation sites (tertiary alicyclic amines) is 1. The van der Waals surface area contributed by atoms with Crippen LogP contribution in [0.15, 0.2) is 24.3 Å². The van der Waals surface area contributed by atoms with E-state index >= 15 is 0 Å². The Balaban J connectivity index is 1.61. The number of amides is 2. The molecule has 1 saturated heterocycles. The van der Waals surface area contributed by atoms with E-state index in [0.29, 0.717) is 17.8 Å². The van der Waals surface area contributed by atoms with Crippen molar-refractivity contribution in [1.82, 2.24) is 10.2 Å². The zero-order valence-electron chi connectivity index (χ0n) is 13.8. The van der Waals surface area contributed by atoms with Crippen LogP contribution in [0, 0.1) is 17.2 Å². The van der Waals surface area contributed by atoms with Gasteiger partial charge in [0.2, 0.25) is 0 Å². The van der Waals surface area contributed by atoms with E-state index in [1.165, 1.54) is 25.9 Å². The summed E-state index contributed by atoms with van der Waals surface area (Å²) < 4.78 is 0. The maximum absolute atomic E-state index is 11.8. The van der Waals surface area contributed by atoms with E-state index in [4.69, 9.17) is 5.26 Å². The molecule has 1 aromatic rings. The Hall–Kier alpha value is -2.06. The molecule has 5 heteroatoms. The molecule has 1 aliphatic rings. The largest absolute Gasteiger partial charge is 0.338 e. The molecule has 1 heterocycles. The third-order valence-electron chi connectivity index (χ3n) is 4.22. The van der Waals surface area contributed by atoms with Crippen molar-refractivity contribution in [2.45, 2.75) is 32.6 Å². The van der Waals surface area contributed by atoms with Crippen molar-refractivity contribution >= 4 is 11.7 Å². The Morgan fingerprint density at radius 1 is 1.39 bits per heavy atom. The van der Waals surface area contributed by atoms with E-state index in [-0.39, 0.29) is 6.03 Å². The van der Waals surface area contributed by atoms with Crippen LogP contribution in [0.1, 0.15) is 38.2 Å². The molecule has 0 aliphatic carbocycles. The van der Waals surface area contributed by atoms with Gasteiger partial charge in [-0.2, -0.15) is 5.26 Å². The van der Waals surface area contributed by atoms with E-state index < -0.39 is 0 Å². The normalized spacial score (nSPS) is 18.2. The second-order valence-corrected chi connectivity index (χ2v) is 6.29. The highest BCUT2D eigenvalue weighted by atomic mass is 16.2. The van der Waals surface area contributed by atoms with E-state index in [0.717, 1.165) is 25.3 Å². The van der Waals surface area contributed by atoms with Gasteiger partial charge in [0, 0.05) is 13.1 Å². The van der Waals surface area contributed by atoms with E-state index in [9.17, 15) is 4.79 Å². The predicted octanol–water partition coefficient (Wildman–Crippen LogP) is 3.19. The van der Waals surface area contributed by atoms with Crippen LogP contribution in [-0.2, 0) is 0 Å². The van der Waals surface area contributed by atoms with E-state index in [1.54, 1.807) is 24.3 Å². The minimum absolute atomic E-state index is 0.251. The number of nitriles is 1. The molecule has 1 fully saturated rings. The Kier molecular flexibility index (Phi) is 6.89. The van der Waals surface area contributed by atoms with E-state index in [2.05, 4.69) is 28.5 Å². The molecule has 1 atom stereocenters. The first kappa shape index (κ1) is 17.3. The summed E-state index contributed by atoms with van der Waals surface area (Å²) in [5.41, 5.74) is 1.02. The number of unbranched alkanes of at least 4 members (excludes halogenated alkanes) is 1. The molecule has 23 heavy (non-hydrogen) atoms. The van der Waals surface area contributed by atoms with Crippen molar-refractivity contribution in [3.8, 4) is 6.07 Å². The highest BCUT2D eigenvalue weighted by molar-refractivity contribution is 5.90. The van der Waals surface area contributed by atoms with Crippen molar-refractivity contribution in [2.24, 2.45) is 5.92 Å². The van der Waals surface area contributed by atoms with Crippen LogP contribution >= 0.6 is 0 Å². The smallest absolute Gasteiger partial charge is 0.319 e. The number of rotatable bonds is 6. The lowest BCUT2D eigenvalue weighted by atomic mass is 10.0. The van der Waals surface area contributed by atoms with Crippen molar-refractivity contribution in [3.63, 3.8) is 0 Å². The molecular weight excluding hydrogens is 288 g/mol. The Morgan fingerprint density at radius 3 is 3.00 bits per heavy atom. The minimum Gasteiger partial charge on any atom is -0.338 e. The molecule has 1 unspecified atom stereocenters. The van der Waals surface area contributed by atoms with Gasteiger partial charge in [0.25, 0.3) is 0 Å². The number of nitrogens with zero attached hydrogens (tertiary/aromatic N) is 2. The lowest BCUT2D eigenvalue weighted by molar-refractivity contribution is 0.181. The second kappa shape index (κ2) is 9.16. The highest BCUT2D eigenvalue weighted by Crippen LogP contribution is 2.15. The molecule has 0 spiro atoms. The topological polar surface area (TPSA) is 68.2 Å². The zero-order valence-corrected chi connectivity index (χ0v) is 13.8. The first-order valence-electron chi connectivity index (χ1n) is 8.45. The fourth-order valence-corrected chi connectivity index (χ4v) is 3.01. The number of urea groups is 1. The van der Waals surface area contributed by atoms with Gasteiger partial charge in [-0.15, -0.1) is 0 Å². The van der Waals surface area contributed by atoms with Gasteiger partial charge in [-0.3, -0.25) is 0 Å². The van der Waals surface area contributed by atoms with Crippen molar-refractivity contribution in [3.05, 3.63) is 29.8 Å². The quantitative estimate of drug-likeness (QED) is 0.792. The van der Waals surface area contributed by atoms with Crippen LogP contribution in [0.25, 0.3) is 0 Å². The maximum atomic E-state index is 11.8. The molecule has 0 saturated carbocycles. The number of para-hydroxylation sites is 1. The highest BCUT2D eigenvalue weighted by Gasteiger charge is 2.15. The number of piperidine rings is 1. The second-order valence-electron chi connectivity index (χ2n) is 6.29. The van der Waals surface area contributed by atoms with Gasteiger partial charge >= 0.3 is 6.03 Å². The molecule has 5 nitrogen and oxygen atoms in total. The van der Waals surface area contributed by atoms with E-state index in [1.807, 2.05) is 0 Å². The van der Waals surface area contributed by atoms with Gasteiger partial charge in [0.05, 0.1) is 11.3 Å². The molecule has 0 bridgehead atoms. The average molecular weight is 314 g/mol. The van der Waals surface area contributed by atoms with Crippen LogP contribution in [0.2, 0.25) is 0 Å². The first-order valence-corrected chi connectivity index (χ1v) is 8.45. The van der Waals surface area contributed by atoms with Gasteiger partial charge in [-0.1, -0.05) is 19.1 Å². The Labute approximate surface area is 138 Å². The number of hydrogen-bond donors (Lipinski definition) is 2. The number of nitrogens with one attached hydrogen (secondary N) is 2. The first-order chi connectivity index (χ1) is 11.2. The molecule has 2 rings (SSSR count). The fraction of sp³-hybridized carbons (Fsp3) is 0.556. The standard InChI is InChI=1S/C18H26N4O/c1-15-7-6-12-22(14-15)11-5-4-10-20-18(23)21-17-9-3-2-8-16(17)13-19/h2-3,8-9,15H,4-7,10-12,14H2,1H3,(H2,20,21,23). The minimum atomic E-state index is -0.251. The summed E-state index contributed by atoms with van der Waals surface area (Å²) in [7, 11) is 0. The molecule has 1 aliphatic heterocycles. The lowest BCUT2D eigenvalue weighted by Gasteiger charge is -2.30. The molecule has 0 aromatic heterocycles. The van der Waals surface area contributed by atoms with Crippen molar-refractivity contribution in [1.29, 1.82) is 5.26 Å². The SMILES string of the molecule is CC1CCCN(CCCCNC(=O)Nc2ccccc2C#N)C1. The number of benzene rings is 1. The summed E-state index contributed by atoms with van der Waals surface area (Å²) in [6.45, 7) is 6.51. The zero-order chi connectivity index (χ0) is 16.5. The predicted molar refractivity (Wildman–Crippen MR) is 92.3 cm³/mol. The van der Waals surface area contributed by atoms with Crippen LogP contribution < -0.4 is 10.6 Å². The van der Waals surface area contributed by atoms with Crippen LogP contribution in [-0.4, -0.2) is 37.1 Å². The molecule has 2 amide bonds. The third-order valence-corrected chi connectivity index (χ3v) is 4.22. The van der Waals surface area contributed by atoms with Gasteiger partial charge in [-0.25, -0.2) is 4.79 Å². The van der Waals surface area contributed by atoms with Crippen LogP contribution in [0.3, 0.4) is 0 Å². The lowest BCUT2D eigenvalue weighted by Crippen LogP contribution is -2.35. The van der Waals surface area contributed by atoms with Crippen LogP contribution in [0.4, 0.5) is 10.5 Å². The molecule has 0 radical (unpaired) electrons. The number of hydrogen-bond acceptors (Lipinski definition) is 3. The van der Waals surface area contributed by atoms with Gasteiger partial charge < -0.3 is 15.5 Å². The third kappa shape index (κ3) is 5.91. The molecule has 1 aromatic carbocycles. The van der Waals surface area contributed by atoms with Crippen molar-refractivity contribution in [2.75, 3.05) is 31.5 Å². The molecule has 124 valence electrons. The van der Waals surface area contributed by atoms with Crippen molar-refractivity contribution < 1.29 is 4.79 Å². The monoisotopic (exact) mass is 314 g/mol. The Morgan fingerprint density at radius 2 is 2.22 bits per heavy atom. The molecule has 2 N–H and O–H groups in total. The summed E-state index contributed by atoms with van der Waals surface area (Å²) in [5, 5.41) is 14.6. The number of carbonyl (C=O) groups excluding carboxylic acids is 1. The fourth-order valence-electron chi connectivity index (χ4n) is 3.01. The summed E-state index contributed by atoms with van der Waals surface area (Å²) in [5.74, 6) is 0.813. The number of carbonyl (C=O) groups is 1. The number of anilines is 1. The summed E-state index contributed by atoms with van der Waals surface area (Å²) in [6.07, 6.45) is 4.72. The average Bonchev–Trinajstić information content (AvgIpc) is 2.55. The summed E-state index contributed by atoms with van der Waals surface area (Å²) >= 11 is 0. The van der Waals surface area contributed by atoms with Gasteiger partial charge in [0.1, 0.15) is 6.07 Å². The summed E-state index contributed by atoms with van der Waals surface area (Å²) in [6, 6.07) is 8.82. The van der Waals surface area contributed by atoms with Crippen LogP contribution in [0.5, 0.6) is 0 Å².